The van der Waals surface area contributed by atoms with Crippen molar-refractivity contribution < 1.29 is 19.2 Å². The van der Waals surface area contributed by atoms with E-state index in [-0.39, 0.29) is 18.2 Å². The van der Waals surface area contributed by atoms with E-state index in [1.165, 1.54) is 12.1 Å². The van der Waals surface area contributed by atoms with Gasteiger partial charge in [0, 0.05) is 5.56 Å². The van der Waals surface area contributed by atoms with E-state index >= 15 is 0 Å². The third-order valence-corrected chi connectivity index (χ3v) is 3.13. The predicted molar refractivity (Wildman–Crippen MR) is 75.9 cm³/mol. The van der Waals surface area contributed by atoms with E-state index in [1.54, 1.807) is 0 Å². The molecule has 1 unspecified atom stereocenters. The molecule has 0 saturated heterocycles. The van der Waals surface area contributed by atoms with Crippen LogP contribution < -0.4 is 5.46 Å². The molecule has 2 N–H and O–H groups in total. The minimum absolute atomic E-state index is 0.127. The van der Waals surface area contributed by atoms with Crippen LogP contribution in [0.25, 0.3) is 0 Å². The number of ether oxygens (including phenoxy) is 1. The molecule has 0 spiro atoms. The lowest BCUT2D eigenvalue weighted by molar-refractivity contribution is 0.0509. The summed E-state index contributed by atoms with van der Waals surface area (Å²) in [4.78, 5) is 0. The number of rotatable bonds is 5. The lowest BCUT2D eigenvalue weighted by atomic mass is 9.80. The van der Waals surface area contributed by atoms with Crippen LogP contribution in [-0.4, -0.2) is 17.2 Å². The highest BCUT2D eigenvalue weighted by Crippen LogP contribution is 2.18. The van der Waals surface area contributed by atoms with Gasteiger partial charge in [-0.1, -0.05) is 42.5 Å². The summed E-state index contributed by atoms with van der Waals surface area (Å²) < 4.78 is 19.4. The molecule has 2 aromatic carbocycles. The van der Waals surface area contributed by atoms with E-state index in [0.717, 1.165) is 11.6 Å². The number of halogens is 1. The quantitative estimate of drug-likeness (QED) is 0.817. The highest BCUT2D eigenvalue weighted by Gasteiger charge is 2.14. The summed E-state index contributed by atoms with van der Waals surface area (Å²) in [5.41, 5.74) is 1.54. The van der Waals surface area contributed by atoms with Crippen LogP contribution in [0.5, 0.6) is 0 Å². The molecule has 2 aromatic rings. The monoisotopic (exact) mass is 274 g/mol. The molecule has 0 aliphatic carbocycles. The molecule has 0 saturated carbocycles. The van der Waals surface area contributed by atoms with Crippen LogP contribution in [0.4, 0.5) is 4.39 Å². The molecular formula is C15H16BFO3. The van der Waals surface area contributed by atoms with Crippen molar-refractivity contribution in [2.45, 2.75) is 19.6 Å². The maximum atomic E-state index is 13.8. The van der Waals surface area contributed by atoms with Gasteiger partial charge in [0.2, 0.25) is 0 Å². The molecule has 0 bridgehead atoms. The third-order valence-electron chi connectivity index (χ3n) is 3.13. The fourth-order valence-electron chi connectivity index (χ4n) is 1.88. The standard InChI is InChI=1S/C15H16BFO3/c1-11(12-5-3-2-4-6-12)20-10-13-7-8-14(16(18)19)9-15(13)17/h2-9,11,18-19H,10H2,1H3. The van der Waals surface area contributed by atoms with Crippen molar-refractivity contribution in [3.05, 3.63) is 65.5 Å². The normalized spacial score (nSPS) is 12.2. The second-order valence-corrected chi connectivity index (χ2v) is 4.59. The lowest BCUT2D eigenvalue weighted by Crippen LogP contribution is -2.30. The van der Waals surface area contributed by atoms with Crippen LogP contribution in [0.3, 0.4) is 0 Å². The van der Waals surface area contributed by atoms with Crippen LogP contribution in [0.2, 0.25) is 0 Å². The second-order valence-electron chi connectivity index (χ2n) is 4.59. The van der Waals surface area contributed by atoms with E-state index in [9.17, 15) is 4.39 Å². The fraction of sp³-hybridized carbons (Fsp3) is 0.200. The molecule has 3 nitrogen and oxygen atoms in total. The van der Waals surface area contributed by atoms with Gasteiger partial charge in [0.25, 0.3) is 0 Å². The van der Waals surface area contributed by atoms with Crippen molar-refractivity contribution in [3.63, 3.8) is 0 Å². The zero-order chi connectivity index (χ0) is 14.5. The molecule has 0 aliphatic rings. The van der Waals surface area contributed by atoms with Crippen LogP contribution in [0.1, 0.15) is 24.2 Å². The van der Waals surface area contributed by atoms with E-state index in [0.29, 0.717) is 5.56 Å². The topological polar surface area (TPSA) is 49.7 Å². The molecular weight excluding hydrogens is 258 g/mol. The Balaban J connectivity index is 2.01. The number of benzene rings is 2. The fourth-order valence-corrected chi connectivity index (χ4v) is 1.88. The number of hydrogen-bond donors (Lipinski definition) is 2. The Bertz CT molecular complexity index is 560. The first kappa shape index (κ1) is 14.7. The SMILES string of the molecule is CC(OCc1ccc(B(O)O)cc1F)c1ccccc1. The molecule has 104 valence electrons. The van der Waals surface area contributed by atoms with Gasteiger partial charge >= 0.3 is 7.12 Å². The summed E-state index contributed by atoms with van der Waals surface area (Å²) in [5.74, 6) is -0.504. The summed E-state index contributed by atoms with van der Waals surface area (Å²) in [7, 11) is -1.66. The Kier molecular flexibility index (Phi) is 4.90. The molecule has 2 rings (SSSR count). The van der Waals surface area contributed by atoms with Gasteiger partial charge in [0.1, 0.15) is 5.82 Å². The molecule has 0 aliphatic heterocycles. The van der Waals surface area contributed by atoms with Gasteiger partial charge in [0.15, 0.2) is 0 Å². The molecule has 1 atom stereocenters. The Labute approximate surface area is 117 Å². The van der Waals surface area contributed by atoms with Gasteiger partial charge in [-0.15, -0.1) is 0 Å². The average Bonchev–Trinajstić information content (AvgIpc) is 2.46. The van der Waals surface area contributed by atoms with Crippen LogP contribution in [0, 0.1) is 5.82 Å². The van der Waals surface area contributed by atoms with Crippen molar-refractivity contribution in [1.82, 2.24) is 0 Å². The van der Waals surface area contributed by atoms with Gasteiger partial charge in [0.05, 0.1) is 12.7 Å². The van der Waals surface area contributed by atoms with Gasteiger partial charge < -0.3 is 14.8 Å². The summed E-state index contributed by atoms with van der Waals surface area (Å²) in [6.45, 7) is 2.03. The van der Waals surface area contributed by atoms with Crippen molar-refractivity contribution >= 4 is 12.6 Å². The third kappa shape index (κ3) is 3.66. The smallest absolute Gasteiger partial charge is 0.423 e. The van der Waals surface area contributed by atoms with Gasteiger partial charge in [-0.25, -0.2) is 4.39 Å². The first-order valence-corrected chi connectivity index (χ1v) is 6.39. The summed E-state index contributed by atoms with van der Waals surface area (Å²) in [6, 6.07) is 13.8. The summed E-state index contributed by atoms with van der Waals surface area (Å²) in [6.07, 6.45) is -0.140. The minimum atomic E-state index is -1.66. The minimum Gasteiger partial charge on any atom is -0.423 e. The summed E-state index contributed by atoms with van der Waals surface area (Å²) >= 11 is 0. The molecule has 0 amide bonds. The molecule has 0 radical (unpaired) electrons. The van der Waals surface area contributed by atoms with Gasteiger partial charge in [-0.2, -0.15) is 0 Å². The van der Waals surface area contributed by atoms with Gasteiger partial charge in [-0.3, -0.25) is 0 Å². The molecule has 0 fully saturated rings. The molecule has 5 heteroatoms. The van der Waals surface area contributed by atoms with Crippen molar-refractivity contribution in [3.8, 4) is 0 Å². The van der Waals surface area contributed by atoms with Crippen molar-refractivity contribution in [2.24, 2.45) is 0 Å². The average molecular weight is 274 g/mol. The molecule has 0 heterocycles. The van der Waals surface area contributed by atoms with Gasteiger partial charge in [-0.05, 0) is 24.0 Å². The van der Waals surface area contributed by atoms with Crippen molar-refractivity contribution in [2.75, 3.05) is 0 Å². The van der Waals surface area contributed by atoms with E-state index < -0.39 is 12.9 Å². The van der Waals surface area contributed by atoms with Crippen LogP contribution >= 0.6 is 0 Å². The summed E-state index contributed by atoms with van der Waals surface area (Å²) in [5, 5.41) is 17.9. The first-order valence-electron chi connectivity index (χ1n) is 6.39. The molecule has 0 aromatic heterocycles. The Hall–Kier alpha value is -1.69. The second kappa shape index (κ2) is 6.66. The van der Waals surface area contributed by atoms with E-state index in [2.05, 4.69) is 0 Å². The largest absolute Gasteiger partial charge is 0.488 e. The Morgan fingerprint density at radius 1 is 1.15 bits per heavy atom. The molecule has 20 heavy (non-hydrogen) atoms. The van der Waals surface area contributed by atoms with E-state index in [4.69, 9.17) is 14.8 Å². The Morgan fingerprint density at radius 3 is 2.45 bits per heavy atom. The zero-order valence-corrected chi connectivity index (χ0v) is 11.2. The van der Waals surface area contributed by atoms with Crippen LogP contribution in [0.15, 0.2) is 48.5 Å². The van der Waals surface area contributed by atoms with Crippen molar-refractivity contribution in [1.29, 1.82) is 0 Å². The highest BCUT2D eigenvalue weighted by atomic mass is 19.1. The highest BCUT2D eigenvalue weighted by molar-refractivity contribution is 6.58. The Morgan fingerprint density at radius 2 is 1.85 bits per heavy atom. The maximum absolute atomic E-state index is 13.8. The lowest BCUT2D eigenvalue weighted by Gasteiger charge is -2.14. The first-order chi connectivity index (χ1) is 9.58. The predicted octanol–water partition coefficient (Wildman–Crippen LogP) is 1.78. The van der Waals surface area contributed by atoms with E-state index in [1.807, 2.05) is 37.3 Å². The maximum Gasteiger partial charge on any atom is 0.488 e. The van der Waals surface area contributed by atoms with Crippen LogP contribution in [-0.2, 0) is 11.3 Å². The zero-order valence-electron chi connectivity index (χ0n) is 11.2. The number of hydrogen-bond acceptors (Lipinski definition) is 3.